The molecule has 0 bridgehead atoms. The predicted molar refractivity (Wildman–Crippen MR) is 123 cm³/mol. The third kappa shape index (κ3) is 5.81. The van der Waals surface area contributed by atoms with Crippen molar-refractivity contribution in [3.63, 3.8) is 0 Å². The number of aromatic nitrogens is 3. The van der Waals surface area contributed by atoms with Crippen molar-refractivity contribution in [2.75, 3.05) is 30.8 Å². The minimum absolute atomic E-state index is 0.115. The molecule has 0 amide bonds. The molecule has 0 spiro atoms. The van der Waals surface area contributed by atoms with Gasteiger partial charge in [0.05, 0.1) is 11.4 Å². The number of pyridine rings is 1. The Bertz CT molecular complexity index is 806. The predicted octanol–water partition coefficient (Wildman–Crippen LogP) is 4.63. The maximum Gasteiger partial charge on any atom is 0.257 e. The van der Waals surface area contributed by atoms with Crippen molar-refractivity contribution in [1.29, 1.82) is 0 Å². The quantitative estimate of drug-likeness (QED) is 0.435. The Morgan fingerprint density at radius 3 is 2.33 bits per heavy atom. The fourth-order valence-electron chi connectivity index (χ4n) is 3.18. The van der Waals surface area contributed by atoms with Crippen LogP contribution in [0, 0.1) is 0 Å². The van der Waals surface area contributed by atoms with Crippen molar-refractivity contribution in [2.24, 2.45) is 0 Å². The van der Waals surface area contributed by atoms with Gasteiger partial charge in [0.1, 0.15) is 11.9 Å². The van der Waals surface area contributed by atoms with Gasteiger partial charge in [-0.2, -0.15) is 0 Å². The zero-order valence-corrected chi connectivity index (χ0v) is 19.2. The van der Waals surface area contributed by atoms with Gasteiger partial charge in [0.2, 0.25) is 0 Å². The van der Waals surface area contributed by atoms with Gasteiger partial charge >= 0.3 is 0 Å². The molecule has 0 atom stereocenters. The second kappa shape index (κ2) is 11.7. The van der Waals surface area contributed by atoms with Gasteiger partial charge < -0.3 is 20.5 Å². The van der Waals surface area contributed by atoms with Crippen LogP contribution in [-0.2, 0) is 6.42 Å². The summed E-state index contributed by atoms with van der Waals surface area (Å²) in [6.45, 7) is 11.3. The number of hydrogen-bond donors (Lipinski definition) is 3. The number of aryl methyl sites for hydroxylation is 1. The third-order valence-electron chi connectivity index (χ3n) is 5.09. The smallest absolute Gasteiger partial charge is 0.257 e. The Labute approximate surface area is 180 Å². The Morgan fingerprint density at radius 2 is 1.77 bits per heavy atom. The largest absolute Gasteiger partial charge is 0.472 e. The number of hydrogen-bond acceptors (Lipinski definition) is 7. The molecular weight excluding hydrogens is 378 g/mol. The monoisotopic (exact) mass is 415 g/mol. The molecule has 0 aliphatic heterocycles. The molecule has 0 saturated carbocycles. The molecule has 2 aromatic rings. The summed E-state index contributed by atoms with van der Waals surface area (Å²) in [6, 6.07) is 4.11. The number of anilines is 2. The number of ether oxygens (including phenoxy) is 1. The topological polar surface area (TPSA) is 92.2 Å². The first-order valence-electron chi connectivity index (χ1n) is 11.1. The van der Waals surface area contributed by atoms with Gasteiger partial charge in [0, 0.05) is 31.5 Å². The van der Waals surface area contributed by atoms with Gasteiger partial charge in [0.15, 0.2) is 5.82 Å². The summed E-state index contributed by atoms with van der Waals surface area (Å²) in [6.07, 6.45) is 3.34. The van der Waals surface area contributed by atoms with Crippen molar-refractivity contribution in [3.05, 3.63) is 23.5 Å². The third-order valence-corrected chi connectivity index (χ3v) is 5.09. The number of nitrogens with zero attached hydrogens (tertiary/aromatic N) is 3. The molecule has 0 aromatic carbocycles. The van der Waals surface area contributed by atoms with E-state index >= 15 is 0 Å². The van der Waals surface area contributed by atoms with Gasteiger partial charge in [-0.3, -0.25) is 0 Å². The van der Waals surface area contributed by atoms with Crippen molar-refractivity contribution in [3.8, 4) is 17.1 Å². The summed E-state index contributed by atoms with van der Waals surface area (Å²) >= 11 is 0. The molecule has 0 aliphatic carbocycles. The number of nitrogens with one attached hydrogen (secondary N) is 2. The highest BCUT2D eigenvalue weighted by atomic mass is 16.5. The normalized spacial score (nSPS) is 11.2. The van der Waals surface area contributed by atoms with E-state index in [0.717, 1.165) is 47.7 Å². The molecule has 166 valence electrons. The molecule has 7 nitrogen and oxygen atoms in total. The highest BCUT2D eigenvalue weighted by Crippen LogP contribution is 2.33. The van der Waals surface area contributed by atoms with Crippen LogP contribution in [0.1, 0.15) is 71.2 Å². The maximum absolute atomic E-state index is 9.16. The summed E-state index contributed by atoms with van der Waals surface area (Å²) in [5.41, 5.74) is 3.60. The summed E-state index contributed by atoms with van der Waals surface area (Å²) < 4.78 is 6.13. The molecule has 0 saturated heterocycles. The van der Waals surface area contributed by atoms with Gasteiger partial charge in [0.25, 0.3) is 5.88 Å². The molecule has 2 rings (SSSR count). The molecule has 2 aromatic heterocycles. The van der Waals surface area contributed by atoms with E-state index in [1.54, 1.807) is 0 Å². The van der Waals surface area contributed by atoms with E-state index in [0.29, 0.717) is 30.6 Å². The van der Waals surface area contributed by atoms with Crippen LogP contribution in [0.5, 0.6) is 5.88 Å². The van der Waals surface area contributed by atoms with E-state index in [9.17, 15) is 0 Å². The minimum Gasteiger partial charge on any atom is -0.472 e. The zero-order valence-electron chi connectivity index (χ0n) is 19.2. The second-order valence-electron chi connectivity index (χ2n) is 7.62. The van der Waals surface area contributed by atoms with E-state index < -0.39 is 0 Å². The number of rotatable bonds is 12. The first-order valence-corrected chi connectivity index (χ1v) is 11.1. The van der Waals surface area contributed by atoms with Crippen molar-refractivity contribution in [1.82, 2.24) is 15.0 Å². The Kier molecular flexibility index (Phi) is 9.30. The van der Waals surface area contributed by atoms with Crippen molar-refractivity contribution < 1.29 is 9.84 Å². The number of aliphatic hydroxyl groups is 1. The van der Waals surface area contributed by atoms with Gasteiger partial charge in [-0.05, 0) is 43.7 Å². The van der Waals surface area contributed by atoms with Crippen LogP contribution in [0.3, 0.4) is 0 Å². The summed E-state index contributed by atoms with van der Waals surface area (Å²) in [5.74, 6) is 2.27. The van der Waals surface area contributed by atoms with Crippen LogP contribution >= 0.6 is 0 Å². The van der Waals surface area contributed by atoms with Crippen LogP contribution in [-0.4, -0.2) is 46.4 Å². The SMILES string of the molecule is CCc1nc(OC(CC)CC)c(NC)nc1-c1ccc(C(C)C)nc1NCCCO. The summed E-state index contributed by atoms with van der Waals surface area (Å²) in [4.78, 5) is 14.6. The standard InChI is InChI=1S/C23H37N5O2/c1-7-16(8-2)30-23-22(24-6)28-20(18(9-3)27-23)17-11-12-19(15(4)5)26-21(17)25-13-10-14-29/h11-12,15-16,29H,7-10,13-14H2,1-6H3,(H,24,28)(H,25,26). The molecule has 0 unspecified atom stereocenters. The Morgan fingerprint density at radius 1 is 1.03 bits per heavy atom. The first kappa shape index (κ1) is 23.9. The lowest BCUT2D eigenvalue weighted by atomic mass is 10.0. The summed E-state index contributed by atoms with van der Waals surface area (Å²) in [7, 11) is 1.83. The zero-order chi connectivity index (χ0) is 22.1. The maximum atomic E-state index is 9.16. The van der Waals surface area contributed by atoms with Crippen LogP contribution in [0.15, 0.2) is 12.1 Å². The molecule has 3 N–H and O–H groups in total. The highest BCUT2D eigenvalue weighted by molar-refractivity contribution is 5.76. The first-order chi connectivity index (χ1) is 14.5. The summed E-state index contributed by atoms with van der Waals surface area (Å²) in [5, 5.41) is 15.7. The van der Waals surface area contributed by atoms with Crippen LogP contribution in [0.2, 0.25) is 0 Å². The van der Waals surface area contributed by atoms with E-state index in [4.69, 9.17) is 24.8 Å². The lowest BCUT2D eigenvalue weighted by Gasteiger charge is -2.20. The van der Waals surface area contributed by atoms with Crippen LogP contribution in [0.25, 0.3) is 11.3 Å². The van der Waals surface area contributed by atoms with E-state index in [1.165, 1.54) is 0 Å². The fraction of sp³-hybridized carbons (Fsp3) is 0.609. The van der Waals surface area contributed by atoms with Crippen LogP contribution < -0.4 is 15.4 Å². The van der Waals surface area contributed by atoms with Gasteiger partial charge in [-0.25, -0.2) is 15.0 Å². The Balaban J connectivity index is 2.55. The van der Waals surface area contributed by atoms with Crippen molar-refractivity contribution in [2.45, 2.75) is 72.3 Å². The molecule has 30 heavy (non-hydrogen) atoms. The van der Waals surface area contributed by atoms with Crippen LogP contribution in [0.4, 0.5) is 11.6 Å². The molecular formula is C23H37N5O2. The van der Waals surface area contributed by atoms with Gasteiger partial charge in [-0.1, -0.05) is 34.6 Å². The molecule has 0 aliphatic rings. The van der Waals surface area contributed by atoms with E-state index in [-0.39, 0.29) is 12.7 Å². The molecule has 2 heterocycles. The molecule has 7 heteroatoms. The van der Waals surface area contributed by atoms with E-state index in [2.05, 4.69) is 51.3 Å². The second-order valence-corrected chi connectivity index (χ2v) is 7.62. The fourth-order valence-corrected chi connectivity index (χ4v) is 3.18. The minimum atomic E-state index is 0.115. The lowest BCUT2D eigenvalue weighted by molar-refractivity contribution is 0.185. The average Bonchev–Trinajstić information content (AvgIpc) is 2.77. The number of aliphatic hydroxyl groups excluding tert-OH is 1. The van der Waals surface area contributed by atoms with Gasteiger partial charge in [-0.15, -0.1) is 0 Å². The highest BCUT2D eigenvalue weighted by Gasteiger charge is 2.20. The lowest BCUT2D eigenvalue weighted by Crippen LogP contribution is -2.17. The average molecular weight is 416 g/mol. The van der Waals surface area contributed by atoms with E-state index in [1.807, 2.05) is 13.1 Å². The Hall–Kier alpha value is -2.41. The van der Waals surface area contributed by atoms with Crippen molar-refractivity contribution >= 4 is 11.6 Å². The molecule has 0 radical (unpaired) electrons. The molecule has 0 fully saturated rings.